The van der Waals surface area contributed by atoms with Crippen LogP contribution in [0.3, 0.4) is 0 Å². The van der Waals surface area contributed by atoms with E-state index < -0.39 is 0 Å². The zero-order valence-corrected chi connectivity index (χ0v) is 11.4. The second-order valence-corrected chi connectivity index (χ2v) is 4.56. The lowest BCUT2D eigenvalue weighted by molar-refractivity contribution is -0.123. The number of amides is 1. The Kier molecular flexibility index (Phi) is 9.50. The van der Waals surface area contributed by atoms with Crippen molar-refractivity contribution in [2.75, 3.05) is 19.7 Å². The molecule has 1 aliphatic heterocycles. The van der Waals surface area contributed by atoms with Crippen LogP contribution < -0.4 is 10.6 Å². The molecule has 0 spiro atoms. The van der Waals surface area contributed by atoms with Gasteiger partial charge in [0.05, 0.1) is 6.04 Å². The van der Waals surface area contributed by atoms with Gasteiger partial charge in [-0.1, -0.05) is 13.3 Å². The highest BCUT2D eigenvalue weighted by molar-refractivity contribution is 5.85. The van der Waals surface area contributed by atoms with Crippen LogP contribution in [0.2, 0.25) is 0 Å². The molecule has 17 heavy (non-hydrogen) atoms. The maximum atomic E-state index is 11.7. The number of hydrogen-bond donors (Lipinski definition) is 3. The Morgan fingerprint density at radius 3 is 2.82 bits per heavy atom. The van der Waals surface area contributed by atoms with Gasteiger partial charge in [-0.05, 0) is 38.1 Å². The third-order valence-corrected chi connectivity index (χ3v) is 3.18. The van der Waals surface area contributed by atoms with Crippen molar-refractivity contribution >= 4 is 18.3 Å². The Labute approximate surface area is 110 Å². The number of carbonyl (C=O) groups excluding carboxylic acids is 1. The monoisotopic (exact) mass is 264 g/mol. The zero-order chi connectivity index (χ0) is 11.8. The first-order valence-corrected chi connectivity index (χ1v) is 6.39. The molecule has 0 aliphatic carbocycles. The second kappa shape index (κ2) is 9.68. The highest BCUT2D eigenvalue weighted by atomic mass is 35.5. The second-order valence-electron chi connectivity index (χ2n) is 4.56. The van der Waals surface area contributed by atoms with Crippen molar-refractivity contribution in [3.8, 4) is 0 Å². The number of nitrogens with one attached hydrogen (secondary N) is 2. The third-order valence-electron chi connectivity index (χ3n) is 3.18. The topological polar surface area (TPSA) is 61.4 Å². The lowest BCUT2D eigenvalue weighted by Gasteiger charge is -2.17. The van der Waals surface area contributed by atoms with E-state index in [2.05, 4.69) is 17.6 Å². The minimum atomic E-state index is 0. The minimum absolute atomic E-state index is 0. The number of hydrogen-bond acceptors (Lipinski definition) is 3. The molecule has 102 valence electrons. The van der Waals surface area contributed by atoms with Crippen LogP contribution in [0.15, 0.2) is 0 Å². The van der Waals surface area contributed by atoms with Gasteiger partial charge >= 0.3 is 0 Å². The molecule has 4 nitrogen and oxygen atoms in total. The Morgan fingerprint density at radius 2 is 2.29 bits per heavy atom. The first kappa shape index (κ1) is 16.7. The molecular weight excluding hydrogens is 240 g/mol. The molecular formula is C12H25ClN2O2. The Balaban J connectivity index is 0.00000256. The molecule has 1 heterocycles. The molecule has 1 fully saturated rings. The van der Waals surface area contributed by atoms with E-state index in [1.165, 1.54) is 0 Å². The van der Waals surface area contributed by atoms with E-state index in [0.29, 0.717) is 12.5 Å². The summed E-state index contributed by atoms with van der Waals surface area (Å²) in [6, 6.07) is 0.0106. The van der Waals surface area contributed by atoms with Crippen molar-refractivity contribution in [1.29, 1.82) is 0 Å². The molecule has 1 saturated heterocycles. The van der Waals surface area contributed by atoms with Crippen molar-refractivity contribution in [3.05, 3.63) is 0 Å². The normalized spacial score (nSPS) is 20.7. The van der Waals surface area contributed by atoms with E-state index in [9.17, 15) is 4.79 Å². The Bertz CT molecular complexity index is 203. The molecule has 1 amide bonds. The highest BCUT2D eigenvalue weighted by Crippen LogP contribution is 2.10. The van der Waals surface area contributed by atoms with Crippen molar-refractivity contribution in [1.82, 2.24) is 10.6 Å². The van der Waals surface area contributed by atoms with E-state index in [1.807, 2.05) is 0 Å². The quantitative estimate of drug-likeness (QED) is 0.645. The predicted octanol–water partition coefficient (Wildman–Crippen LogP) is 1.08. The zero-order valence-electron chi connectivity index (χ0n) is 10.6. The summed E-state index contributed by atoms with van der Waals surface area (Å²) in [5, 5.41) is 15.1. The number of carbonyl (C=O) groups is 1. The number of halogens is 1. The summed E-state index contributed by atoms with van der Waals surface area (Å²) in [5.74, 6) is 0.539. The van der Waals surface area contributed by atoms with Crippen molar-refractivity contribution in [3.63, 3.8) is 0 Å². The van der Waals surface area contributed by atoms with Gasteiger partial charge in [-0.2, -0.15) is 0 Å². The fraction of sp³-hybridized carbons (Fsp3) is 0.917. The smallest absolute Gasteiger partial charge is 0.237 e. The van der Waals surface area contributed by atoms with Gasteiger partial charge in [0.15, 0.2) is 0 Å². The average molecular weight is 265 g/mol. The van der Waals surface area contributed by atoms with Crippen LogP contribution in [-0.2, 0) is 4.79 Å². The van der Waals surface area contributed by atoms with Crippen LogP contribution in [0.1, 0.15) is 39.0 Å². The van der Waals surface area contributed by atoms with Crippen LogP contribution in [-0.4, -0.2) is 36.8 Å². The molecule has 5 heteroatoms. The Morgan fingerprint density at radius 1 is 1.53 bits per heavy atom. The van der Waals surface area contributed by atoms with Gasteiger partial charge < -0.3 is 15.7 Å². The summed E-state index contributed by atoms with van der Waals surface area (Å²) in [4.78, 5) is 11.7. The van der Waals surface area contributed by atoms with Crippen molar-refractivity contribution in [2.45, 2.75) is 45.1 Å². The lowest BCUT2D eigenvalue weighted by Crippen LogP contribution is -2.42. The third kappa shape index (κ3) is 6.24. The summed E-state index contributed by atoms with van der Waals surface area (Å²) in [6.07, 6.45) is 4.99. The maximum absolute atomic E-state index is 11.7. The largest absolute Gasteiger partial charge is 0.396 e. The van der Waals surface area contributed by atoms with Crippen LogP contribution >= 0.6 is 12.4 Å². The molecule has 3 N–H and O–H groups in total. The SMILES string of the molecule is CCCC(CCO)CNC(=O)C1CCCN1.Cl. The van der Waals surface area contributed by atoms with Gasteiger partial charge in [-0.15, -0.1) is 12.4 Å². The molecule has 0 radical (unpaired) electrons. The standard InChI is InChI=1S/C12H24N2O2.ClH/c1-2-4-10(6-8-15)9-14-12(16)11-5-3-7-13-11;/h10-11,13,15H,2-9H2,1H3,(H,14,16);1H. The predicted molar refractivity (Wildman–Crippen MR) is 71.4 cm³/mol. The van der Waals surface area contributed by atoms with E-state index in [0.717, 1.165) is 38.6 Å². The maximum Gasteiger partial charge on any atom is 0.237 e. The summed E-state index contributed by atoms with van der Waals surface area (Å²) in [7, 11) is 0. The van der Waals surface area contributed by atoms with Gasteiger partial charge in [0.2, 0.25) is 5.91 Å². The molecule has 2 unspecified atom stereocenters. The summed E-state index contributed by atoms with van der Waals surface area (Å²) in [5.41, 5.74) is 0. The number of aliphatic hydroxyl groups excluding tert-OH is 1. The van der Waals surface area contributed by atoms with E-state index >= 15 is 0 Å². The van der Waals surface area contributed by atoms with E-state index in [4.69, 9.17) is 5.11 Å². The molecule has 0 aromatic heterocycles. The minimum Gasteiger partial charge on any atom is -0.396 e. The highest BCUT2D eigenvalue weighted by Gasteiger charge is 2.22. The molecule has 0 aromatic carbocycles. The van der Waals surface area contributed by atoms with E-state index in [-0.39, 0.29) is 31.0 Å². The first-order chi connectivity index (χ1) is 7.77. The van der Waals surface area contributed by atoms with Crippen molar-refractivity contribution < 1.29 is 9.90 Å². The first-order valence-electron chi connectivity index (χ1n) is 6.39. The summed E-state index contributed by atoms with van der Waals surface area (Å²) in [6.45, 7) is 3.99. The Hall–Kier alpha value is -0.320. The number of rotatable bonds is 7. The van der Waals surface area contributed by atoms with Gasteiger partial charge in [-0.25, -0.2) is 0 Å². The molecule has 0 saturated carbocycles. The lowest BCUT2D eigenvalue weighted by atomic mass is 10.00. The van der Waals surface area contributed by atoms with Gasteiger partial charge in [0.1, 0.15) is 0 Å². The molecule has 0 aromatic rings. The fourth-order valence-electron chi connectivity index (χ4n) is 2.22. The van der Waals surface area contributed by atoms with Crippen molar-refractivity contribution in [2.24, 2.45) is 5.92 Å². The van der Waals surface area contributed by atoms with Crippen LogP contribution in [0.25, 0.3) is 0 Å². The van der Waals surface area contributed by atoms with Crippen LogP contribution in [0.5, 0.6) is 0 Å². The van der Waals surface area contributed by atoms with Crippen LogP contribution in [0.4, 0.5) is 0 Å². The molecule has 0 bridgehead atoms. The number of aliphatic hydroxyl groups is 1. The van der Waals surface area contributed by atoms with Gasteiger partial charge in [-0.3, -0.25) is 4.79 Å². The fourth-order valence-corrected chi connectivity index (χ4v) is 2.22. The molecule has 1 aliphatic rings. The van der Waals surface area contributed by atoms with E-state index in [1.54, 1.807) is 0 Å². The van der Waals surface area contributed by atoms with Crippen LogP contribution in [0, 0.1) is 5.92 Å². The van der Waals surface area contributed by atoms with Gasteiger partial charge in [0.25, 0.3) is 0 Å². The molecule has 1 rings (SSSR count). The summed E-state index contributed by atoms with van der Waals surface area (Å²) < 4.78 is 0. The average Bonchev–Trinajstić information content (AvgIpc) is 2.79. The summed E-state index contributed by atoms with van der Waals surface area (Å²) >= 11 is 0. The molecule has 2 atom stereocenters. The van der Waals surface area contributed by atoms with Gasteiger partial charge in [0, 0.05) is 13.2 Å².